The van der Waals surface area contributed by atoms with Gasteiger partial charge in [0.05, 0.1) is 0 Å². The Labute approximate surface area is 105 Å². The van der Waals surface area contributed by atoms with E-state index in [1.165, 1.54) is 44.9 Å². The maximum Gasteiger partial charge on any atom is 0.224 e. The number of carbonyl (C=O) groups excluding carboxylic acids is 1. The van der Waals surface area contributed by atoms with Gasteiger partial charge in [0.15, 0.2) is 0 Å². The molecule has 1 saturated heterocycles. The molecule has 0 spiro atoms. The fraction of sp³-hybridized carbons (Fsp3) is 0.929. The van der Waals surface area contributed by atoms with E-state index in [1.54, 1.807) is 0 Å². The van der Waals surface area contributed by atoms with Crippen molar-refractivity contribution < 1.29 is 4.79 Å². The molecule has 2 rings (SSSR count). The molecule has 2 aliphatic rings. The van der Waals surface area contributed by atoms with Crippen molar-refractivity contribution in [2.75, 3.05) is 13.1 Å². The van der Waals surface area contributed by atoms with Crippen LogP contribution in [0.25, 0.3) is 0 Å². The van der Waals surface area contributed by atoms with E-state index in [-0.39, 0.29) is 5.54 Å². The number of hydrogen-bond donors (Lipinski definition) is 1. The summed E-state index contributed by atoms with van der Waals surface area (Å²) in [6.45, 7) is 1.91. The summed E-state index contributed by atoms with van der Waals surface area (Å²) in [5.41, 5.74) is 6.17. The number of hydrogen-bond acceptors (Lipinski definition) is 2. The zero-order valence-corrected chi connectivity index (χ0v) is 10.9. The number of nitrogens with zero attached hydrogens (tertiary/aromatic N) is 1. The smallest absolute Gasteiger partial charge is 0.224 e. The topological polar surface area (TPSA) is 46.3 Å². The van der Waals surface area contributed by atoms with Crippen molar-refractivity contribution in [3.8, 4) is 0 Å². The Hall–Kier alpha value is -0.570. The Bertz CT molecular complexity index is 251. The standard InChI is InChI=1S/C14H26N2O/c15-14(8-4-3-5-9-14)12-13(17)16-10-6-1-2-7-11-16/h1-12,15H2. The van der Waals surface area contributed by atoms with Crippen LogP contribution in [0, 0.1) is 0 Å². The van der Waals surface area contributed by atoms with Crippen LogP contribution in [0.5, 0.6) is 0 Å². The molecule has 0 atom stereocenters. The molecule has 2 N–H and O–H groups in total. The van der Waals surface area contributed by atoms with E-state index < -0.39 is 0 Å². The van der Waals surface area contributed by atoms with E-state index >= 15 is 0 Å². The third kappa shape index (κ3) is 3.70. The Morgan fingerprint density at radius 3 is 2.06 bits per heavy atom. The number of amides is 1. The summed E-state index contributed by atoms with van der Waals surface area (Å²) in [5, 5.41) is 0. The summed E-state index contributed by atoms with van der Waals surface area (Å²) < 4.78 is 0. The largest absolute Gasteiger partial charge is 0.343 e. The zero-order valence-electron chi connectivity index (χ0n) is 10.9. The predicted molar refractivity (Wildman–Crippen MR) is 69.7 cm³/mol. The highest BCUT2D eigenvalue weighted by Crippen LogP contribution is 2.29. The summed E-state index contributed by atoms with van der Waals surface area (Å²) >= 11 is 0. The SMILES string of the molecule is NC1(CC(=O)N2CCCCCC2)CCCCC1. The molecule has 3 heteroatoms. The van der Waals surface area contributed by atoms with Crippen LogP contribution in [-0.2, 0) is 4.79 Å². The van der Waals surface area contributed by atoms with Gasteiger partial charge in [-0.05, 0) is 25.7 Å². The van der Waals surface area contributed by atoms with Crippen LogP contribution in [0.15, 0.2) is 0 Å². The van der Waals surface area contributed by atoms with E-state index in [0.29, 0.717) is 12.3 Å². The molecule has 3 nitrogen and oxygen atoms in total. The van der Waals surface area contributed by atoms with Crippen LogP contribution in [0.3, 0.4) is 0 Å². The summed E-state index contributed by atoms with van der Waals surface area (Å²) in [4.78, 5) is 14.3. The fourth-order valence-corrected chi connectivity index (χ4v) is 3.17. The van der Waals surface area contributed by atoms with Gasteiger partial charge in [-0.25, -0.2) is 0 Å². The molecule has 0 unspecified atom stereocenters. The van der Waals surface area contributed by atoms with Crippen molar-refractivity contribution in [1.29, 1.82) is 0 Å². The molecule has 1 aliphatic carbocycles. The third-order valence-electron chi connectivity index (χ3n) is 4.31. The van der Waals surface area contributed by atoms with Gasteiger partial charge in [-0.3, -0.25) is 4.79 Å². The van der Waals surface area contributed by atoms with Crippen molar-refractivity contribution in [3.63, 3.8) is 0 Å². The van der Waals surface area contributed by atoms with E-state index in [1.807, 2.05) is 0 Å². The molecule has 1 aliphatic heterocycles. The van der Waals surface area contributed by atoms with E-state index in [4.69, 9.17) is 5.73 Å². The minimum absolute atomic E-state index is 0.193. The van der Waals surface area contributed by atoms with Crippen molar-refractivity contribution >= 4 is 5.91 Å². The maximum absolute atomic E-state index is 12.3. The van der Waals surface area contributed by atoms with Crippen LogP contribution in [0.2, 0.25) is 0 Å². The van der Waals surface area contributed by atoms with Crippen molar-refractivity contribution in [1.82, 2.24) is 4.90 Å². The molecule has 1 amide bonds. The lowest BCUT2D eigenvalue weighted by Gasteiger charge is -2.34. The van der Waals surface area contributed by atoms with Crippen LogP contribution < -0.4 is 5.73 Å². The second-order valence-electron chi connectivity index (χ2n) is 5.89. The van der Waals surface area contributed by atoms with Gasteiger partial charge in [-0.1, -0.05) is 32.1 Å². The van der Waals surface area contributed by atoms with Gasteiger partial charge in [-0.15, -0.1) is 0 Å². The Morgan fingerprint density at radius 1 is 0.941 bits per heavy atom. The highest BCUT2D eigenvalue weighted by Gasteiger charge is 2.31. The average Bonchev–Trinajstić information content (AvgIpc) is 2.57. The van der Waals surface area contributed by atoms with Crippen LogP contribution in [0.1, 0.15) is 64.2 Å². The molecule has 98 valence electrons. The molecular weight excluding hydrogens is 212 g/mol. The first-order valence-corrected chi connectivity index (χ1v) is 7.26. The summed E-state index contributed by atoms with van der Waals surface area (Å²) in [6.07, 6.45) is 11.2. The molecule has 2 fully saturated rings. The van der Waals surface area contributed by atoms with Gasteiger partial charge < -0.3 is 10.6 Å². The zero-order chi connectivity index (χ0) is 12.1. The van der Waals surface area contributed by atoms with E-state index in [9.17, 15) is 4.79 Å². The molecule has 1 saturated carbocycles. The highest BCUT2D eigenvalue weighted by molar-refractivity contribution is 5.77. The first kappa shape index (κ1) is 12.9. The maximum atomic E-state index is 12.3. The Kier molecular flexibility index (Phi) is 4.43. The lowest BCUT2D eigenvalue weighted by atomic mass is 9.80. The fourth-order valence-electron chi connectivity index (χ4n) is 3.17. The van der Waals surface area contributed by atoms with Gasteiger partial charge in [-0.2, -0.15) is 0 Å². The Morgan fingerprint density at radius 2 is 1.47 bits per heavy atom. The second kappa shape index (κ2) is 5.85. The third-order valence-corrected chi connectivity index (χ3v) is 4.31. The van der Waals surface area contributed by atoms with Gasteiger partial charge in [0.1, 0.15) is 0 Å². The van der Waals surface area contributed by atoms with Crippen molar-refractivity contribution in [2.45, 2.75) is 69.7 Å². The second-order valence-corrected chi connectivity index (χ2v) is 5.89. The molecule has 0 bridgehead atoms. The number of likely N-dealkylation sites (tertiary alicyclic amines) is 1. The van der Waals surface area contributed by atoms with Crippen molar-refractivity contribution in [2.24, 2.45) is 5.73 Å². The highest BCUT2D eigenvalue weighted by atomic mass is 16.2. The molecular formula is C14H26N2O. The molecule has 1 heterocycles. The summed E-state index contributed by atoms with van der Waals surface area (Å²) in [6, 6.07) is 0. The van der Waals surface area contributed by atoms with E-state index in [2.05, 4.69) is 4.90 Å². The normalized spacial score (nSPS) is 25.4. The Balaban J connectivity index is 1.86. The van der Waals surface area contributed by atoms with Crippen LogP contribution in [0.4, 0.5) is 0 Å². The predicted octanol–water partition coefficient (Wildman–Crippen LogP) is 2.44. The van der Waals surface area contributed by atoms with Crippen molar-refractivity contribution in [3.05, 3.63) is 0 Å². The number of carbonyl (C=O) groups is 1. The summed E-state index contributed by atoms with van der Waals surface area (Å²) in [7, 11) is 0. The first-order valence-electron chi connectivity index (χ1n) is 7.26. The lowest BCUT2D eigenvalue weighted by molar-refractivity contribution is -0.132. The number of rotatable bonds is 2. The van der Waals surface area contributed by atoms with Crippen LogP contribution in [-0.4, -0.2) is 29.4 Å². The van der Waals surface area contributed by atoms with Gasteiger partial charge >= 0.3 is 0 Å². The minimum Gasteiger partial charge on any atom is -0.343 e. The molecule has 0 aromatic rings. The quantitative estimate of drug-likeness (QED) is 0.803. The number of nitrogens with two attached hydrogens (primary N) is 1. The van der Waals surface area contributed by atoms with E-state index in [0.717, 1.165) is 25.9 Å². The van der Waals surface area contributed by atoms with Gasteiger partial charge in [0.25, 0.3) is 0 Å². The average molecular weight is 238 g/mol. The molecule has 17 heavy (non-hydrogen) atoms. The first-order chi connectivity index (χ1) is 8.20. The van der Waals surface area contributed by atoms with Crippen LogP contribution >= 0.6 is 0 Å². The summed E-state index contributed by atoms with van der Waals surface area (Å²) in [5.74, 6) is 0.302. The molecule has 0 radical (unpaired) electrons. The van der Waals surface area contributed by atoms with Gasteiger partial charge in [0.2, 0.25) is 5.91 Å². The molecule has 0 aromatic heterocycles. The monoisotopic (exact) mass is 238 g/mol. The lowest BCUT2D eigenvalue weighted by Crippen LogP contribution is -2.47. The van der Waals surface area contributed by atoms with Gasteiger partial charge in [0, 0.05) is 25.0 Å². The molecule has 0 aromatic carbocycles. The minimum atomic E-state index is -0.193.